The van der Waals surface area contributed by atoms with Gasteiger partial charge in [-0.2, -0.15) is 4.98 Å². The summed E-state index contributed by atoms with van der Waals surface area (Å²) in [5, 5.41) is 13.9. The number of oxazole rings is 1. The third-order valence-electron chi connectivity index (χ3n) is 2.85. The predicted octanol–water partition coefficient (Wildman–Crippen LogP) is 1.20. The maximum atomic E-state index is 11.1. The van der Waals surface area contributed by atoms with Crippen LogP contribution in [0, 0.1) is 30.9 Å². The standard InChI is InChI=1S/C11H15N7O3/c1-5-7(3)21-8(14-5)4-13-10-9(18(19)20)6(2)15-11(16-10)17-12/h4,12H2,1-3H3,(H2,13,15,16,17). The van der Waals surface area contributed by atoms with Crippen LogP contribution in [0.4, 0.5) is 17.5 Å². The number of anilines is 2. The summed E-state index contributed by atoms with van der Waals surface area (Å²) in [6.45, 7) is 5.27. The van der Waals surface area contributed by atoms with E-state index in [1.165, 1.54) is 6.92 Å². The molecule has 0 bridgehead atoms. The number of aromatic nitrogens is 3. The Balaban J connectivity index is 2.29. The van der Waals surface area contributed by atoms with Gasteiger partial charge in [0.05, 0.1) is 17.2 Å². The van der Waals surface area contributed by atoms with E-state index in [1.54, 1.807) is 6.92 Å². The van der Waals surface area contributed by atoms with Gasteiger partial charge in [-0.25, -0.2) is 15.8 Å². The first kappa shape index (κ1) is 14.7. The Hall–Kier alpha value is -2.75. The van der Waals surface area contributed by atoms with Gasteiger partial charge in [-0.05, 0) is 20.8 Å². The molecule has 112 valence electrons. The predicted molar refractivity (Wildman–Crippen MR) is 74.5 cm³/mol. The summed E-state index contributed by atoms with van der Waals surface area (Å²) < 4.78 is 5.40. The lowest BCUT2D eigenvalue weighted by molar-refractivity contribution is -0.385. The lowest BCUT2D eigenvalue weighted by atomic mass is 10.3. The average molecular weight is 293 g/mol. The Morgan fingerprint density at radius 2 is 1.95 bits per heavy atom. The van der Waals surface area contributed by atoms with E-state index in [9.17, 15) is 10.1 Å². The van der Waals surface area contributed by atoms with E-state index in [1.807, 2.05) is 6.92 Å². The van der Waals surface area contributed by atoms with Gasteiger partial charge >= 0.3 is 5.69 Å². The summed E-state index contributed by atoms with van der Waals surface area (Å²) in [7, 11) is 0. The van der Waals surface area contributed by atoms with Gasteiger partial charge in [-0.15, -0.1) is 0 Å². The normalized spacial score (nSPS) is 10.5. The zero-order valence-electron chi connectivity index (χ0n) is 11.8. The van der Waals surface area contributed by atoms with Crippen molar-refractivity contribution < 1.29 is 9.34 Å². The third kappa shape index (κ3) is 3.05. The number of hydrogen-bond donors (Lipinski definition) is 3. The van der Waals surface area contributed by atoms with E-state index in [-0.39, 0.29) is 29.7 Å². The van der Waals surface area contributed by atoms with Crippen LogP contribution < -0.4 is 16.6 Å². The first-order chi connectivity index (χ1) is 9.92. The average Bonchev–Trinajstić information content (AvgIpc) is 2.74. The molecule has 4 N–H and O–H groups in total. The highest BCUT2D eigenvalue weighted by atomic mass is 16.6. The van der Waals surface area contributed by atoms with E-state index in [2.05, 4.69) is 25.7 Å². The lowest BCUT2D eigenvalue weighted by Crippen LogP contribution is -2.14. The van der Waals surface area contributed by atoms with Gasteiger partial charge in [-0.3, -0.25) is 15.5 Å². The zero-order chi connectivity index (χ0) is 15.6. The van der Waals surface area contributed by atoms with Gasteiger partial charge in [0.15, 0.2) is 0 Å². The van der Waals surface area contributed by atoms with Gasteiger partial charge in [0.25, 0.3) is 0 Å². The molecule has 0 saturated carbocycles. The number of nitrogens with one attached hydrogen (secondary N) is 2. The summed E-state index contributed by atoms with van der Waals surface area (Å²) >= 11 is 0. The highest BCUT2D eigenvalue weighted by molar-refractivity contribution is 5.60. The number of rotatable bonds is 5. The Kier molecular flexibility index (Phi) is 3.98. The highest BCUT2D eigenvalue weighted by Crippen LogP contribution is 2.26. The summed E-state index contributed by atoms with van der Waals surface area (Å²) in [4.78, 5) is 22.6. The van der Waals surface area contributed by atoms with E-state index < -0.39 is 4.92 Å². The molecule has 2 rings (SSSR count). The van der Waals surface area contributed by atoms with E-state index in [0.29, 0.717) is 11.7 Å². The van der Waals surface area contributed by atoms with Crippen LogP contribution >= 0.6 is 0 Å². The van der Waals surface area contributed by atoms with Crippen LogP contribution in [0.1, 0.15) is 23.0 Å². The molecule has 10 nitrogen and oxygen atoms in total. The topological polar surface area (TPSA) is 145 Å². The number of nitrogen functional groups attached to an aromatic ring is 1. The number of hydrazine groups is 1. The number of hydrogen-bond acceptors (Lipinski definition) is 9. The van der Waals surface area contributed by atoms with Crippen molar-refractivity contribution in [3.05, 3.63) is 33.2 Å². The summed E-state index contributed by atoms with van der Waals surface area (Å²) in [5.74, 6) is 6.49. The Labute approximate surface area is 119 Å². The second-order valence-corrected chi connectivity index (χ2v) is 4.33. The molecule has 2 heterocycles. The molecule has 2 aromatic heterocycles. The molecule has 0 fully saturated rings. The fourth-order valence-electron chi connectivity index (χ4n) is 1.75. The number of nitro groups is 1. The summed E-state index contributed by atoms with van der Waals surface area (Å²) in [6, 6.07) is 0. The Morgan fingerprint density at radius 3 is 2.48 bits per heavy atom. The van der Waals surface area contributed by atoms with Crippen LogP contribution in [-0.2, 0) is 6.54 Å². The van der Waals surface area contributed by atoms with Crippen LogP contribution in [0.15, 0.2) is 4.42 Å². The highest BCUT2D eigenvalue weighted by Gasteiger charge is 2.22. The van der Waals surface area contributed by atoms with Crippen LogP contribution in [0.2, 0.25) is 0 Å². The second kappa shape index (κ2) is 5.71. The minimum atomic E-state index is -0.552. The minimum absolute atomic E-state index is 0.0500. The van der Waals surface area contributed by atoms with Gasteiger partial charge in [0.2, 0.25) is 17.7 Å². The molecule has 0 aliphatic rings. The zero-order valence-corrected chi connectivity index (χ0v) is 11.8. The smallest absolute Gasteiger partial charge is 0.332 e. The molecule has 10 heteroatoms. The van der Waals surface area contributed by atoms with Crippen molar-refractivity contribution in [1.29, 1.82) is 0 Å². The molecule has 0 spiro atoms. The molecule has 0 amide bonds. The molecule has 0 aliphatic heterocycles. The molecule has 0 atom stereocenters. The quantitative estimate of drug-likeness (QED) is 0.420. The molecule has 0 unspecified atom stereocenters. The lowest BCUT2D eigenvalue weighted by Gasteiger charge is -2.07. The van der Waals surface area contributed by atoms with Gasteiger partial charge < -0.3 is 9.73 Å². The summed E-state index contributed by atoms with van der Waals surface area (Å²) in [6.07, 6.45) is 0. The van der Waals surface area contributed by atoms with Gasteiger partial charge in [-0.1, -0.05) is 0 Å². The van der Waals surface area contributed by atoms with Crippen molar-refractivity contribution in [1.82, 2.24) is 15.0 Å². The van der Waals surface area contributed by atoms with Crippen molar-refractivity contribution in [3.8, 4) is 0 Å². The van der Waals surface area contributed by atoms with Crippen LogP contribution in [0.25, 0.3) is 0 Å². The van der Waals surface area contributed by atoms with Crippen molar-refractivity contribution >= 4 is 17.5 Å². The van der Waals surface area contributed by atoms with Crippen LogP contribution in [0.5, 0.6) is 0 Å². The monoisotopic (exact) mass is 293 g/mol. The Bertz CT molecular complexity index is 663. The van der Waals surface area contributed by atoms with Gasteiger partial charge in [0.1, 0.15) is 11.5 Å². The first-order valence-electron chi connectivity index (χ1n) is 6.08. The van der Waals surface area contributed by atoms with Crippen molar-refractivity contribution in [2.75, 3.05) is 10.7 Å². The van der Waals surface area contributed by atoms with Gasteiger partial charge in [0, 0.05) is 0 Å². The van der Waals surface area contributed by atoms with Crippen LogP contribution in [-0.4, -0.2) is 19.9 Å². The Morgan fingerprint density at radius 1 is 1.24 bits per heavy atom. The van der Waals surface area contributed by atoms with E-state index in [0.717, 1.165) is 5.69 Å². The molecule has 0 radical (unpaired) electrons. The van der Waals surface area contributed by atoms with Crippen molar-refractivity contribution in [2.45, 2.75) is 27.3 Å². The molecule has 2 aromatic rings. The molecule has 0 saturated heterocycles. The molecule has 0 aliphatic carbocycles. The fraction of sp³-hybridized carbons (Fsp3) is 0.364. The second-order valence-electron chi connectivity index (χ2n) is 4.33. The largest absolute Gasteiger partial charge is 0.444 e. The van der Waals surface area contributed by atoms with Crippen molar-refractivity contribution in [2.24, 2.45) is 5.84 Å². The summed E-state index contributed by atoms with van der Waals surface area (Å²) in [5.41, 5.74) is 3.02. The third-order valence-corrected chi connectivity index (χ3v) is 2.85. The fourth-order valence-corrected chi connectivity index (χ4v) is 1.75. The molecular weight excluding hydrogens is 278 g/mol. The van der Waals surface area contributed by atoms with E-state index >= 15 is 0 Å². The first-order valence-corrected chi connectivity index (χ1v) is 6.08. The van der Waals surface area contributed by atoms with E-state index in [4.69, 9.17) is 10.3 Å². The van der Waals surface area contributed by atoms with Crippen LogP contribution in [0.3, 0.4) is 0 Å². The molecular formula is C11H15N7O3. The van der Waals surface area contributed by atoms with Crippen molar-refractivity contribution in [3.63, 3.8) is 0 Å². The molecule has 21 heavy (non-hydrogen) atoms. The maximum absolute atomic E-state index is 11.1. The minimum Gasteiger partial charge on any atom is -0.444 e. The maximum Gasteiger partial charge on any atom is 0.332 e. The number of aryl methyl sites for hydroxylation is 3. The number of nitrogens with zero attached hydrogens (tertiary/aromatic N) is 4. The molecule has 0 aromatic carbocycles. The SMILES string of the molecule is Cc1nc(CNc2nc(NN)nc(C)c2[N+](=O)[O-])oc1C. The number of nitrogens with two attached hydrogens (primary N) is 1.